The van der Waals surface area contributed by atoms with Crippen molar-refractivity contribution >= 4 is 24.7 Å². The van der Waals surface area contributed by atoms with Crippen LogP contribution in [0.1, 0.15) is 19.8 Å². The maximum Gasteiger partial charge on any atom is 0.220 e. The molecule has 0 aromatic heterocycles. The number of Topliss-reactive ketones (excluding diaryl/α,β-unsaturated/α-hetero) is 1. The summed E-state index contributed by atoms with van der Waals surface area (Å²) in [6.45, 7) is 3.00. The van der Waals surface area contributed by atoms with E-state index in [1.807, 2.05) is 0 Å². The highest BCUT2D eigenvalue weighted by Crippen LogP contribution is 1.95. The molecule has 0 aliphatic carbocycles. The first-order valence-electron chi connectivity index (χ1n) is 4.82. The molecule has 0 rings (SSSR count). The van der Waals surface area contributed by atoms with Crippen LogP contribution in [0.5, 0.6) is 0 Å². The predicted octanol–water partition coefficient (Wildman–Crippen LogP) is -0.922. The first kappa shape index (κ1) is 13.8. The number of amides is 1. The van der Waals surface area contributed by atoms with E-state index in [1.54, 1.807) is 6.82 Å². The lowest BCUT2D eigenvalue weighted by atomic mass is 9.76. The fourth-order valence-electron chi connectivity index (χ4n) is 0.866. The molecule has 5 nitrogen and oxygen atoms in total. The molecule has 0 fully saturated rings. The highest BCUT2D eigenvalue weighted by molar-refractivity contribution is 6.73. The van der Waals surface area contributed by atoms with Gasteiger partial charge in [-0.3, -0.25) is 9.59 Å². The molecular weight excluding hydrogens is 195 g/mol. The van der Waals surface area contributed by atoms with Gasteiger partial charge in [0.15, 0.2) is 0 Å². The molecule has 0 aliphatic rings. The largest absolute Gasteiger partial charge is 0.350 e. The van der Waals surface area contributed by atoms with Crippen LogP contribution in [0.3, 0.4) is 0 Å². The number of hydrogen-bond acceptors (Lipinski definition) is 4. The molecule has 1 amide bonds. The van der Waals surface area contributed by atoms with Crippen LogP contribution in [0, 0.1) is 0 Å². The van der Waals surface area contributed by atoms with Gasteiger partial charge in [-0.15, -0.1) is 0 Å². The second-order valence-corrected chi connectivity index (χ2v) is 3.29. The Morgan fingerprint density at radius 3 is 2.47 bits per heavy atom. The normalized spacial score (nSPS) is 11.7. The third-order valence-corrected chi connectivity index (χ3v) is 1.99. The number of hydrogen-bond donors (Lipinski definition) is 2. The third kappa shape index (κ3) is 6.85. The summed E-state index contributed by atoms with van der Waals surface area (Å²) in [6.07, 6.45) is 0.475. The summed E-state index contributed by atoms with van der Waals surface area (Å²) in [7, 11) is 1.39. The van der Waals surface area contributed by atoms with E-state index in [0.717, 1.165) is 0 Å². The number of rotatable bonds is 7. The van der Waals surface area contributed by atoms with Gasteiger partial charge in [-0.25, -0.2) is 0 Å². The minimum absolute atomic E-state index is 0.00461. The number of ketones is 1. The average Bonchev–Trinajstić information content (AvgIpc) is 2.21. The summed E-state index contributed by atoms with van der Waals surface area (Å²) in [4.78, 5) is 32.7. The topological polar surface area (TPSA) is 89.3 Å². The molecule has 0 heterocycles. The van der Waals surface area contributed by atoms with Crippen molar-refractivity contribution in [3.8, 4) is 0 Å². The van der Waals surface area contributed by atoms with Gasteiger partial charge in [-0.1, -0.05) is 6.82 Å². The first-order valence-corrected chi connectivity index (χ1v) is 4.82. The predicted molar refractivity (Wildman–Crippen MR) is 57.5 cm³/mol. The van der Waals surface area contributed by atoms with Crippen molar-refractivity contribution in [2.45, 2.75) is 32.6 Å². The number of carbonyl (C=O) groups is 3. The van der Waals surface area contributed by atoms with Crippen LogP contribution in [-0.4, -0.2) is 37.2 Å². The van der Waals surface area contributed by atoms with Gasteiger partial charge in [0.25, 0.3) is 0 Å². The molecule has 83 valence electrons. The lowest BCUT2D eigenvalue weighted by Crippen LogP contribution is -2.34. The van der Waals surface area contributed by atoms with Crippen molar-refractivity contribution in [2.24, 2.45) is 5.73 Å². The fourth-order valence-corrected chi connectivity index (χ4v) is 0.866. The minimum atomic E-state index is -0.593. The monoisotopic (exact) mass is 211 g/mol. The van der Waals surface area contributed by atoms with Crippen LogP contribution in [0.2, 0.25) is 6.82 Å². The van der Waals surface area contributed by atoms with Gasteiger partial charge in [0.2, 0.25) is 13.2 Å². The Morgan fingerprint density at radius 1 is 1.40 bits per heavy atom. The van der Waals surface area contributed by atoms with Gasteiger partial charge in [-0.2, -0.15) is 0 Å². The summed E-state index contributed by atoms with van der Waals surface area (Å²) in [5.74, 6) is -0.400. The van der Waals surface area contributed by atoms with Crippen LogP contribution in [0.15, 0.2) is 0 Å². The van der Waals surface area contributed by atoms with Crippen LogP contribution in [0.4, 0.5) is 0 Å². The second kappa shape index (κ2) is 7.17. The lowest BCUT2D eigenvalue weighted by molar-refractivity contribution is -0.123. The smallest absolute Gasteiger partial charge is 0.220 e. The highest BCUT2D eigenvalue weighted by atomic mass is 16.2. The maximum atomic E-state index is 11.1. The summed E-state index contributed by atoms with van der Waals surface area (Å²) in [5, 5.41) is 2.44. The molecule has 1 unspecified atom stereocenters. The Balaban J connectivity index is 3.66. The quantitative estimate of drug-likeness (QED) is 0.533. The van der Waals surface area contributed by atoms with E-state index in [-0.39, 0.29) is 30.3 Å². The van der Waals surface area contributed by atoms with Crippen LogP contribution in [-0.2, 0) is 14.4 Å². The minimum Gasteiger partial charge on any atom is -0.350 e. The average molecular weight is 211 g/mol. The molecule has 6 heteroatoms. The Hall–Kier alpha value is -1.17. The molecular formula is C9H16BN2O3. The standard InChI is InChI=1S/C9H16BN2O3/c1-6(13)7(11)3-4-9(15)12-5-8(14)10-2/h7H,3-5,11H2,1-2H3,(H,12,15). The third-order valence-electron chi connectivity index (χ3n) is 1.99. The van der Waals surface area contributed by atoms with E-state index in [0.29, 0.717) is 6.42 Å². The zero-order chi connectivity index (χ0) is 11.8. The molecule has 0 aliphatic heterocycles. The Labute approximate surface area is 90.0 Å². The first-order chi connectivity index (χ1) is 6.97. The Morgan fingerprint density at radius 2 is 2.00 bits per heavy atom. The second-order valence-electron chi connectivity index (χ2n) is 3.29. The molecule has 0 bridgehead atoms. The van der Waals surface area contributed by atoms with Crippen LogP contribution in [0.25, 0.3) is 0 Å². The van der Waals surface area contributed by atoms with Gasteiger partial charge in [0, 0.05) is 6.42 Å². The van der Waals surface area contributed by atoms with Crippen molar-refractivity contribution in [3.05, 3.63) is 0 Å². The van der Waals surface area contributed by atoms with Crippen LogP contribution < -0.4 is 11.1 Å². The van der Waals surface area contributed by atoms with Crippen molar-refractivity contribution in [3.63, 3.8) is 0 Å². The van der Waals surface area contributed by atoms with Gasteiger partial charge < -0.3 is 15.8 Å². The van der Waals surface area contributed by atoms with Crippen LogP contribution >= 0.6 is 0 Å². The highest BCUT2D eigenvalue weighted by Gasteiger charge is 2.11. The number of nitrogens with one attached hydrogen (secondary N) is 1. The van der Waals surface area contributed by atoms with Crippen molar-refractivity contribution in [1.82, 2.24) is 5.32 Å². The molecule has 3 N–H and O–H groups in total. The van der Waals surface area contributed by atoms with E-state index in [4.69, 9.17) is 5.73 Å². The summed E-state index contributed by atoms with van der Waals surface area (Å²) in [5.41, 5.74) is 5.30. The van der Waals surface area contributed by atoms with E-state index in [2.05, 4.69) is 5.32 Å². The van der Waals surface area contributed by atoms with Gasteiger partial charge in [0.1, 0.15) is 11.5 Å². The number of nitrogens with two attached hydrogens (primary N) is 1. The van der Waals surface area contributed by atoms with E-state index >= 15 is 0 Å². The Kier molecular flexibility index (Phi) is 6.61. The molecule has 0 spiro atoms. The Bertz CT molecular complexity index is 256. The molecule has 0 saturated carbocycles. The lowest BCUT2D eigenvalue weighted by Gasteiger charge is -2.07. The maximum absolute atomic E-state index is 11.1. The van der Waals surface area contributed by atoms with Crippen molar-refractivity contribution < 1.29 is 14.4 Å². The van der Waals surface area contributed by atoms with Crippen molar-refractivity contribution in [1.29, 1.82) is 0 Å². The van der Waals surface area contributed by atoms with E-state index in [1.165, 1.54) is 14.2 Å². The zero-order valence-electron chi connectivity index (χ0n) is 9.08. The zero-order valence-corrected chi connectivity index (χ0v) is 9.08. The molecule has 0 aromatic rings. The molecule has 1 atom stereocenters. The molecule has 0 aromatic carbocycles. The SMILES string of the molecule is C[B]C(=O)CNC(=O)CCC(N)C(C)=O. The fraction of sp³-hybridized carbons (Fsp3) is 0.667. The van der Waals surface area contributed by atoms with Gasteiger partial charge in [-0.05, 0) is 13.3 Å². The van der Waals surface area contributed by atoms with E-state index < -0.39 is 6.04 Å². The van der Waals surface area contributed by atoms with Crippen molar-refractivity contribution in [2.75, 3.05) is 6.54 Å². The summed E-state index contributed by atoms with van der Waals surface area (Å²) < 4.78 is 0. The van der Waals surface area contributed by atoms with Gasteiger partial charge >= 0.3 is 0 Å². The van der Waals surface area contributed by atoms with E-state index in [9.17, 15) is 14.4 Å². The molecule has 0 saturated heterocycles. The van der Waals surface area contributed by atoms with Gasteiger partial charge in [0.05, 0.1) is 12.6 Å². The molecule has 15 heavy (non-hydrogen) atoms. The molecule has 1 radical (unpaired) electrons. The number of carbonyl (C=O) groups excluding carboxylic acids is 3. The summed E-state index contributed by atoms with van der Waals surface area (Å²) in [6, 6.07) is -0.593. The summed E-state index contributed by atoms with van der Waals surface area (Å²) >= 11 is 0.